The lowest BCUT2D eigenvalue weighted by atomic mass is 10.1. The third kappa shape index (κ3) is 4.95. The minimum Gasteiger partial charge on any atom is -0.465 e. The second kappa shape index (κ2) is 6.90. The molecule has 2 N–H and O–H groups in total. The second-order valence-electron chi connectivity index (χ2n) is 6.03. The average Bonchev–Trinajstić information content (AvgIpc) is 3.00. The minimum absolute atomic E-state index is 0.123. The molecule has 2 aliphatic heterocycles. The van der Waals surface area contributed by atoms with E-state index in [0.29, 0.717) is 13.0 Å². The van der Waals surface area contributed by atoms with E-state index in [-0.39, 0.29) is 32.0 Å². The van der Waals surface area contributed by atoms with Crippen molar-refractivity contribution in [3.63, 3.8) is 0 Å². The van der Waals surface area contributed by atoms with Crippen molar-refractivity contribution in [2.75, 3.05) is 32.7 Å². The minimum atomic E-state index is -4.25. The molecule has 2 fully saturated rings. The van der Waals surface area contributed by atoms with Crippen molar-refractivity contribution in [3.8, 4) is 0 Å². The highest BCUT2D eigenvalue weighted by Crippen LogP contribution is 2.23. The Morgan fingerprint density at radius 2 is 1.96 bits per heavy atom. The molecule has 0 radical (unpaired) electrons. The fraction of sp³-hybridized carbons (Fsp3) is 0.846. The first kappa shape index (κ1) is 17.8. The predicted molar refractivity (Wildman–Crippen MR) is 71.6 cm³/mol. The SMILES string of the molecule is O=C(NCC1CCN(CC(F)(F)F)C1)[C@@H]1C[C@@H](F)CN1C(=O)O. The van der Waals surface area contributed by atoms with E-state index in [1.807, 2.05) is 0 Å². The number of likely N-dealkylation sites (tertiary alicyclic amines) is 2. The lowest BCUT2D eigenvalue weighted by Crippen LogP contribution is -2.46. The van der Waals surface area contributed by atoms with Crippen LogP contribution in [0.25, 0.3) is 0 Å². The lowest BCUT2D eigenvalue weighted by molar-refractivity contribution is -0.143. The number of halogens is 4. The number of carbonyl (C=O) groups excluding carboxylic acids is 1. The summed E-state index contributed by atoms with van der Waals surface area (Å²) in [5, 5.41) is 11.5. The number of amides is 2. The maximum absolute atomic E-state index is 13.3. The van der Waals surface area contributed by atoms with Crippen LogP contribution in [-0.2, 0) is 4.79 Å². The number of carboxylic acid groups (broad SMARTS) is 1. The topological polar surface area (TPSA) is 72.9 Å². The summed E-state index contributed by atoms with van der Waals surface area (Å²) in [7, 11) is 0. The van der Waals surface area contributed by atoms with Crippen LogP contribution in [-0.4, -0.2) is 78.0 Å². The molecule has 0 aromatic rings. The molecule has 0 aromatic carbocycles. The number of rotatable bonds is 4. The van der Waals surface area contributed by atoms with Gasteiger partial charge in [-0.05, 0) is 18.9 Å². The van der Waals surface area contributed by atoms with Crippen LogP contribution in [0.2, 0.25) is 0 Å². The third-order valence-electron chi connectivity index (χ3n) is 4.14. The molecule has 1 unspecified atom stereocenters. The van der Waals surface area contributed by atoms with Gasteiger partial charge in [-0.1, -0.05) is 0 Å². The van der Waals surface area contributed by atoms with E-state index in [2.05, 4.69) is 5.32 Å². The van der Waals surface area contributed by atoms with Crippen molar-refractivity contribution >= 4 is 12.0 Å². The van der Waals surface area contributed by atoms with Crippen LogP contribution in [0.15, 0.2) is 0 Å². The van der Waals surface area contributed by atoms with Gasteiger partial charge in [0, 0.05) is 19.5 Å². The molecule has 2 aliphatic rings. The summed E-state index contributed by atoms with van der Waals surface area (Å²) in [6.07, 6.45) is -6.66. The zero-order valence-electron chi connectivity index (χ0n) is 12.4. The van der Waals surface area contributed by atoms with Gasteiger partial charge in [-0.25, -0.2) is 9.18 Å². The number of nitrogens with zero attached hydrogens (tertiary/aromatic N) is 2. The fourth-order valence-corrected chi connectivity index (χ4v) is 3.08. The fourth-order valence-electron chi connectivity index (χ4n) is 3.08. The largest absolute Gasteiger partial charge is 0.465 e. The highest BCUT2D eigenvalue weighted by atomic mass is 19.4. The molecule has 0 saturated carbocycles. The zero-order chi connectivity index (χ0) is 17.2. The van der Waals surface area contributed by atoms with E-state index >= 15 is 0 Å². The van der Waals surface area contributed by atoms with E-state index in [9.17, 15) is 27.2 Å². The summed E-state index contributed by atoms with van der Waals surface area (Å²) in [4.78, 5) is 25.0. The quantitative estimate of drug-likeness (QED) is 0.751. The lowest BCUT2D eigenvalue weighted by Gasteiger charge is -2.21. The van der Waals surface area contributed by atoms with Crippen LogP contribution in [0.5, 0.6) is 0 Å². The highest BCUT2D eigenvalue weighted by molar-refractivity contribution is 5.86. The molecule has 0 spiro atoms. The van der Waals surface area contributed by atoms with Crippen molar-refractivity contribution < 1.29 is 32.3 Å². The van der Waals surface area contributed by atoms with Gasteiger partial charge in [0.25, 0.3) is 0 Å². The van der Waals surface area contributed by atoms with Crippen LogP contribution in [0.1, 0.15) is 12.8 Å². The van der Waals surface area contributed by atoms with Crippen LogP contribution >= 0.6 is 0 Å². The van der Waals surface area contributed by atoms with Crippen molar-refractivity contribution in [2.45, 2.75) is 31.2 Å². The summed E-state index contributed by atoms with van der Waals surface area (Å²) >= 11 is 0. The Bertz CT molecular complexity index is 460. The molecule has 2 rings (SSSR count). The second-order valence-corrected chi connectivity index (χ2v) is 6.03. The molecular weight excluding hydrogens is 322 g/mol. The molecule has 0 aliphatic carbocycles. The van der Waals surface area contributed by atoms with Crippen LogP contribution in [0.3, 0.4) is 0 Å². The summed E-state index contributed by atoms with van der Waals surface area (Å²) in [5.74, 6) is -0.719. The van der Waals surface area contributed by atoms with Crippen LogP contribution < -0.4 is 5.32 Å². The summed E-state index contributed by atoms with van der Waals surface area (Å²) in [5.41, 5.74) is 0. The van der Waals surface area contributed by atoms with Gasteiger partial charge in [-0.2, -0.15) is 13.2 Å². The van der Waals surface area contributed by atoms with Gasteiger partial charge in [0.2, 0.25) is 5.91 Å². The Kier molecular flexibility index (Phi) is 5.33. The monoisotopic (exact) mass is 341 g/mol. The van der Waals surface area contributed by atoms with Crippen molar-refractivity contribution in [1.82, 2.24) is 15.1 Å². The standard InChI is InChI=1S/C13H19F4N3O3/c14-9-3-10(20(6-9)12(22)23)11(21)18-4-8-1-2-19(5-8)7-13(15,16)17/h8-10H,1-7H2,(H,18,21)(H,22,23)/t8?,9-,10+/m1/s1. The number of carbonyl (C=O) groups is 2. The van der Waals surface area contributed by atoms with E-state index < -0.39 is 36.9 Å². The Balaban J connectivity index is 1.78. The molecule has 2 amide bonds. The van der Waals surface area contributed by atoms with E-state index in [1.165, 1.54) is 4.90 Å². The van der Waals surface area contributed by atoms with Crippen LogP contribution in [0, 0.1) is 5.92 Å². The van der Waals surface area contributed by atoms with Crippen molar-refractivity contribution in [3.05, 3.63) is 0 Å². The Hall–Kier alpha value is -1.58. The van der Waals surface area contributed by atoms with Gasteiger partial charge in [0.05, 0.1) is 13.1 Å². The molecule has 2 saturated heterocycles. The predicted octanol–water partition coefficient (Wildman–Crippen LogP) is 1.08. The molecular formula is C13H19F4N3O3. The first-order valence-electron chi connectivity index (χ1n) is 7.36. The van der Waals surface area contributed by atoms with Crippen molar-refractivity contribution in [2.24, 2.45) is 5.92 Å². The Morgan fingerprint density at radius 3 is 2.57 bits per heavy atom. The highest BCUT2D eigenvalue weighted by Gasteiger charge is 2.40. The first-order chi connectivity index (χ1) is 10.7. The molecule has 23 heavy (non-hydrogen) atoms. The van der Waals surface area contributed by atoms with E-state index in [4.69, 9.17) is 5.11 Å². The smallest absolute Gasteiger partial charge is 0.408 e. The van der Waals surface area contributed by atoms with Gasteiger partial charge in [-0.3, -0.25) is 14.6 Å². The first-order valence-corrected chi connectivity index (χ1v) is 7.36. The third-order valence-corrected chi connectivity index (χ3v) is 4.14. The van der Waals surface area contributed by atoms with Gasteiger partial charge >= 0.3 is 12.3 Å². The number of alkyl halides is 4. The van der Waals surface area contributed by atoms with Crippen LogP contribution in [0.4, 0.5) is 22.4 Å². The number of hydrogen-bond donors (Lipinski definition) is 2. The molecule has 10 heteroatoms. The molecule has 0 bridgehead atoms. The van der Waals surface area contributed by atoms with Gasteiger partial charge in [-0.15, -0.1) is 0 Å². The summed E-state index contributed by atoms with van der Waals surface area (Å²) in [6, 6.07) is -1.07. The summed E-state index contributed by atoms with van der Waals surface area (Å²) < 4.78 is 50.2. The zero-order valence-corrected chi connectivity index (χ0v) is 12.4. The number of nitrogens with one attached hydrogen (secondary N) is 1. The molecule has 3 atom stereocenters. The molecule has 2 heterocycles. The maximum Gasteiger partial charge on any atom is 0.408 e. The molecule has 6 nitrogen and oxygen atoms in total. The Labute approximate surface area is 130 Å². The van der Waals surface area contributed by atoms with E-state index in [1.54, 1.807) is 0 Å². The van der Waals surface area contributed by atoms with Gasteiger partial charge in [0.1, 0.15) is 12.2 Å². The molecule has 132 valence electrons. The normalized spacial score (nSPS) is 29.0. The number of hydrogen-bond acceptors (Lipinski definition) is 3. The van der Waals surface area contributed by atoms with Gasteiger partial charge < -0.3 is 10.4 Å². The summed E-state index contributed by atoms with van der Waals surface area (Å²) in [6.45, 7) is -0.628. The van der Waals surface area contributed by atoms with Gasteiger partial charge in [0.15, 0.2) is 0 Å². The average molecular weight is 341 g/mol. The maximum atomic E-state index is 13.3. The van der Waals surface area contributed by atoms with Crippen molar-refractivity contribution in [1.29, 1.82) is 0 Å². The molecule has 0 aromatic heterocycles. The Morgan fingerprint density at radius 1 is 1.26 bits per heavy atom. The van der Waals surface area contributed by atoms with E-state index in [0.717, 1.165) is 4.90 Å².